The van der Waals surface area contributed by atoms with Gasteiger partial charge in [-0.15, -0.1) is 11.3 Å². The molecule has 0 aliphatic carbocycles. The first kappa shape index (κ1) is 18.5. The molecule has 0 atom stereocenters. The summed E-state index contributed by atoms with van der Waals surface area (Å²) in [6.07, 6.45) is 3.47. The maximum absolute atomic E-state index is 12.7. The highest BCUT2D eigenvalue weighted by Gasteiger charge is 2.27. The summed E-state index contributed by atoms with van der Waals surface area (Å²) in [7, 11) is 0. The lowest BCUT2D eigenvalue weighted by Gasteiger charge is -2.31. The molecular formula is C22H22N2O3S. The highest BCUT2D eigenvalue weighted by Crippen LogP contribution is 2.25. The van der Waals surface area contributed by atoms with Crippen LogP contribution >= 0.6 is 11.3 Å². The van der Waals surface area contributed by atoms with Gasteiger partial charge in [-0.05, 0) is 48.6 Å². The Kier molecular flexibility index (Phi) is 5.58. The van der Waals surface area contributed by atoms with Crippen LogP contribution in [0.25, 0.3) is 11.3 Å². The molecule has 5 nitrogen and oxygen atoms in total. The van der Waals surface area contributed by atoms with Crippen LogP contribution in [0.2, 0.25) is 0 Å². The Morgan fingerprint density at radius 1 is 1.11 bits per heavy atom. The molecule has 1 aliphatic heterocycles. The number of piperidine rings is 1. The number of nitrogens with zero attached hydrogens (tertiary/aromatic N) is 1. The molecule has 0 spiro atoms. The molecule has 4 rings (SSSR count). The summed E-state index contributed by atoms with van der Waals surface area (Å²) in [6.45, 7) is 1.27. The summed E-state index contributed by atoms with van der Waals surface area (Å²) in [6, 6.07) is 15.3. The molecule has 3 aromatic rings. The summed E-state index contributed by atoms with van der Waals surface area (Å²) in [5.41, 5.74) is 1.69. The first-order valence-corrected chi connectivity index (χ1v) is 10.3. The summed E-state index contributed by atoms with van der Waals surface area (Å²) in [5.74, 6) is 0.862. The fourth-order valence-electron chi connectivity index (χ4n) is 3.50. The molecule has 0 radical (unpaired) electrons. The van der Waals surface area contributed by atoms with E-state index in [0.29, 0.717) is 32.4 Å². The molecule has 1 N–H and O–H groups in total. The van der Waals surface area contributed by atoms with Crippen molar-refractivity contribution in [1.29, 1.82) is 0 Å². The van der Waals surface area contributed by atoms with Crippen LogP contribution in [0.5, 0.6) is 0 Å². The normalized spacial score (nSPS) is 14.8. The van der Waals surface area contributed by atoms with Gasteiger partial charge in [-0.25, -0.2) is 0 Å². The van der Waals surface area contributed by atoms with Crippen LogP contribution in [0.3, 0.4) is 0 Å². The van der Waals surface area contributed by atoms with Crippen LogP contribution in [-0.4, -0.2) is 29.8 Å². The number of carbonyl (C=O) groups excluding carboxylic acids is 2. The second-order valence-corrected chi connectivity index (χ2v) is 7.99. The molecule has 144 valence electrons. The molecule has 6 heteroatoms. The number of benzene rings is 1. The van der Waals surface area contributed by atoms with Crippen LogP contribution in [0.4, 0.5) is 5.69 Å². The van der Waals surface area contributed by atoms with Gasteiger partial charge >= 0.3 is 0 Å². The van der Waals surface area contributed by atoms with Gasteiger partial charge in [0.25, 0.3) is 0 Å². The highest BCUT2D eigenvalue weighted by molar-refractivity contribution is 7.10. The van der Waals surface area contributed by atoms with Crippen molar-refractivity contribution in [2.45, 2.75) is 19.3 Å². The SMILES string of the molecule is O=C(Nc1cccc(-c2ccco2)c1)C1CCN(C(=O)Cc2cccs2)CC1. The molecule has 2 aromatic heterocycles. The molecule has 3 heterocycles. The quantitative estimate of drug-likeness (QED) is 0.696. The van der Waals surface area contributed by atoms with E-state index in [9.17, 15) is 9.59 Å². The largest absolute Gasteiger partial charge is 0.464 e. The maximum Gasteiger partial charge on any atom is 0.227 e. The number of carbonyl (C=O) groups is 2. The number of anilines is 1. The van der Waals surface area contributed by atoms with Crippen LogP contribution < -0.4 is 5.32 Å². The van der Waals surface area contributed by atoms with E-state index in [1.165, 1.54) is 0 Å². The predicted molar refractivity (Wildman–Crippen MR) is 110 cm³/mol. The van der Waals surface area contributed by atoms with Crippen molar-refractivity contribution in [2.75, 3.05) is 18.4 Å². The molecule has 1 aromatic carbocycles. The first-order chi connectivity index (χ1) is 13.7. The van der Waals surface area contributed by atoms with Crippen molar-refractivity contribution in [3.05, 3.63) is 65.1 Å². The maximum atomic E-state index is 12.7. The molecule has 2 amide bonds. The van der Waals surface area contributed by atoms with Crippen molar-refractivity contribution in [3.8, 4) is 11.3 Å². The molecule has 1 aliphatic rings. The number of furan rings is 1. The third-order valence-electron chi connectivity index (χ3n) is 5.06. The van der Waals surface area contributed by atoms with E-state index in [0.717, 1.165) is 21.9 Å². The minimum atomic E-state index is -0.0712. The molecule has 0 bridgehead atoms. The number of amides is 2. The van der Waals surface area contributed by atoms with Gasteiger partial charge < -0.3 is 14.6 Å². The number of likely N-dealkylation sites (tertiary alicyclic amines) is 1. The summed E-state index contributed by atoms with van der Waals surface area (Å²) >= 11 is 1.60. The smallest absolute Gasteiger partial charge is 0.227 e. The number of thiophene rings is 1. The predicted octanol–water partition coefficient (Wildman–Crippen LogP) is 4.43. The Morgan fingerprint density at radius 2 is 1.96 bits per heavy atom. The monoisotopic (exact) mass is 394 g/mol. The van der Waals surface area contributed by atoms with Gasteiger partial charge in [-0.1, -0.05) is 18.2 Å². The highest BCUT2D eigenvalue weighted by atomic mass is 32.1. The van der Waals surface area contributed by atoms with Crippen molar-refractivity contribution >= 4 is 28.8 Å². The lowest BCUT2D eigenvalue weighted by molar-refractivity contribution is -0.133. The third-order valence-corrected chi connectivity index (χ3v) is 5.94. The zero-order valence-electron chi connectivity index (χ0n) is 15.5. The van der Waals surface area contributed by atoms with E-state index in [-0.39, 0.29) is 17.7 Å². The number of nitrogens with one attached hydrogen (secondary N) is 1. The summed E-state index contributed by atoms with van der Waals surface area (Å²) in [5, 5.41) is 5.00. The Morgan fingerprint density at radius 3 is 2.68 bits per heavy atom. The van der Waals surface area contributed by atoms with Crippen molar-refractivity contribution in [2.24, 2.45) is 5.92 Å². The standard InChI is InChI=1S/C22H22N2O3S/c25-21(15-19-6-3-13-28-19)24-10-8-16(9-11-24)22(26)23-18-5-1-4-17(14-18)20-7-2-12-27-20/h1-7,12-14,16H,8-11,15H2,(H,23,26). The van der Waals surface area contributed by atoms with E-state index in [4.69, 9.17) is 4.42 Å². The lowest BCUT2D eigenvalue weighted by atomic mass is 9.95. The molecule has 28 heavy (non-hydrogen) atoms. The zero-order valence-corrected chi connectivity index (χ0v) is 16.3. The van der Waals surface area contributed by atoms with Crippen molar-refractivity contribution in [3.63, 3.8) is 0 Å². The lowest BCUT2D eigenvalue weighted by Crippen LogP contribution is -2.42. The summed E-state index contributed by atoms with van der Waals surface area (Å²) < 4.78 is 5.42. The molecule has 0 unspecified atom stereocenters. The number of hydrogen-bond donors (Lipinski definition) is 1. The van der Waals surface area contributed by atoms with Gasteiger partial charge in [0.2, 0.25) is 11.8 Å². The molecular weight excluding hydrogens is 372 g/mol. The fraction of sp³-hybridized carbons (Fsp3) is 0.273. The van der Waals surface area contributed by atoms with E-state index in [2.05, 4.69) is 5.32 Å². The third kappa shape index (κ3) is 4.34. The number of hydrogen-bond acceptors (Lipinski definition) is 4. The van der Waals surface area contributed by atoms with Gasteiger partial charge in [-0.2, -0.15) is 0 Å². The first-order valence-electron chi connectivity index (χ1n) is 9.44. The van der Waals surface area contributed by atoms with Gasteiger partial charge in [0.1, 0.15) is 5.76 Å². The van der Waals surface area contributed by atoms with Crippen molar-refractivity contribution < 1.29 is 14.0 Å². The minimum Gasteiger partial charge on any atom is -0.464 e. The van der Waals surface area contributed by atoms with Gasteiger partial charge in [0.15, 0.2) is 0 Å². The fourth-order valence-corrected chi connectivity index (χ4v) is 4.20. The molecule has 0 saturated carbocycles. The molecule has 1 saturated heterocycles. The van der Waals surface area contributed by atoms with Crippen molar-refractivity contribution in [1.82, 2.24) is 4.90 Å². The average molecular weight is 394 g/mol. The van der Waals surface area contributed by atoms with Gasteiger partial charge in [-0.3, -0.25) is 9.59 Å². The second-order valence-electron chi connectivity index (χ2n) is 6.96. The van der Waals surface area contributed by atoms with Crippen LogP contribution in [0.15, 0.2) is 64.6 Å². The Hall–Kier alpha value is -2.86. The Balaban J connectivity index is 1.31. The van der Waals surface area contributed by atoms with E-state index >= 15 is 0 Å². The Bertz CT molecular complexity index is 927. The van der Waals surface area contributed by atoms with Crippen LogP contribution in [-0.2, 0) is 16.0 Å². The van der Waals surface area contributed by atoms with Gasteiger partial charge in [0.05, 0.1) is 12.7 Å². The minimum absolute atomic E-state index is 0.0157. The topological polar surface area (TPSA) is 62.6 Å². The Labute approximate surface area is 168 Å². The van der Waals surface area contributed by atoms with Gasteiger partial charge in [0, 0.05) is 35.1 Å². The zero-order chi connectivity index (χ0) is 19.3. The van der Waals surface area contributed by atoms with E-state index < -0.39 is 0 Å². The average Bonchev–Trinajstić information content (AvgIpc) is 3.42. The summed E-state index contributed by atoms with van der Waals surface area (Å²) in [4.78, 5) is 28.0. The van der Waals surface area contributed by atoms with E-state index in [1.54, 1.807) is 17.6 Å². The van der Waals surface area contributed by atoms with Crippen LogP contribution in [0.1, 0.15) is 17.7 Å². The number of rotatable bonds is 5. The van der Waals surface area contributed by atoms with E-state index in [1.807, 2.05) is 58.8 Å². The second kappa shape index (κ2) is 8.44. The molecule has 1 fully saturated rings. The van der Waals surface area contributed by atoms with Crippen LogP contribution in [0, 0.1) is 5.92 Å².